The second-order valence-electron chi connectivity index (χ2n) is 6.58. The molecule has 0 bridgehead atoms. The van der Waals surface area contributed by atoms with E-state index in [1.807, 2.05) is 30.3 Å². The van der Waals surface area contributed by atoms with Crippen LogP contribution in [0.3, 0.4) is 0 Å². The number of benzene rings is 1. The quantitative estimate of drug-likeness (QED) is 0.795. The molecule has 1 N–H and O–H groups in total. The first kappa shape index (κ1) is 21.6. The van der Waals surface area contributed by atoms with Gasteiger partial charge in [-0.2, -0.15) is 13.5 Å². The van der Waals surface area contributed by atoms with Crippen LogP contribution in [0.1, 0.15) is 48.7 Å². The highest BCUT2D eigenvalue weighted by atomic mass is 32.1. The number of alkyl carbamates (subject to hydrolysis) is 1. The molecule has 26 heavy (non-hydrogen) atoms. The highest BCUT2D eigenvalue weighted by Gasteiger charge is 2.24. The summed E-state index contributed by atoms with van der Waals surface area (Å²) in [7, 11) is 1.28. The fourth-order valence-electron chi connectivity index (χ4n) is 2.27. The van der Waals surface area contributed by atoms with Gasteiger partial charge in [0.2, 0.25) is 5.76 Å². The Balaban J connectivity index is 0.00000338. The third-order valence-electron chi connectivity index (χ3n) is 3.33. The lowest BCUT2D eigenvalue weighted by atomic mass is 10.0. The molecule has 1 amide bonds. The minimum atomic E-state index is -0.609. The van der Waals surface area contributed by atoms with E-state index in [4.69, 9.17) is 9.15 Å². The number of methoxy groups -OCH3 is 1. The molecule has 0 saturated carbocycles. The molecule has 1 heterocycles. The molecule has 7 heteroatoms. The summed E-state index contributed by atoms with van der Waals surface area (Å²) in [4.78, 5) is 23.8. The van der Waals surface area contributed by atoms with E-state index >= 15 is 0 Å². The zero-order chi connectivity index (χ0) is 18.4. The Labute approximate surface area is 160 Å². The average Bonchev–Trinajstić information content (AvgIpc) is 3.02. The maximum absolute atomic E-state index is 12.2. The Kier molecular flexibility index (Phi) is 7.76. The van der Waals surface area contributed by atoms with Gasteiger partial charge in [-0.3, -0.25) is 0 Å². The molecule has 0 spiro atoms. The molecule has 0 aliphatic heterocycles. The smallest absolute Gasteiger partial charge is 0.408 e. The number of nitrogens with one attached hydrogen (secondary N) is 1. The topological polar surface area (TPSA) is 77.8 Å². The van der Waals surface area contributed by atoms with Crippen molar-refractivity contribution in [2.75, 3.05) is 7.11 Å². The summed E-state index contributed by atoms with van der Waals surface area (Å²) >= 11 is 0. The van der Waals surface area contributed by atoms with Crippen molar-refractivity contribution in [3.05, 3.63) is 59.5 Å². The van der Waals surface area contributed by atoms with Gasteiger partial charge in [-0.1, -0.05) is 30.3 Å². The molecule has 0 fully saturated rings. The van der Waals surface area contributed by atoms with E-state index in [0.29, 0.717) is 12.2 Å². The summed E-state index contributed by atoms with van der Waals surface area (Å²) in [6, 6.07) is 12.4. The Hall–Kier alpha value is -2.41. The van der Waals surface area contributed by atoms with Crippen molar-refractivity contribution in [1.82, 2.24) is 5.32 Å². The SMILES string of the molecule is COC(=O)c1ccc([C@H](Cc2ccccc2)NC(=O)OC(C)(C)C)o1.S. The number of furan rings is 1. The number of carbonyl (C=O) groups excluding carboxylic acids is 2. The predicted octanol–water partition coefficient (Wildman–Crippen LogP) is 3.99. The van der Waals surface area contributed by atoms with Crippen molar-refractivity contribution in [3.63, 3.8) is 0 Å². The summed E-state index contributed by atoms with van der Waals surface area (Å²) in [6.45, 7) is 5.38. The monoisotopic (exact) mass is 379 g/mol. The maximum Gasteiger partial charge on any atom is 0.408 e. The van der Waals surface area contributed by atoms with Crippen LogP contribution in [0.15, 0.2) is 46.9 Å². The van der Waals surface area contributed by atoms with E-state index in [0.717, 1.165) is 5.56 Å². The summed E-state index contributed by atoms with van der Waals surface area (Å²) in [5.74, 6) is -0.0290. The Morgan fingerprint density at radius 2 is 1.77 bits per heavy atom. The maximum atomic E-state index is 12.2. The summed E-state index contributed by atoms with van der Waals surface area (Å²) in [6.07, 6.45) is -0.0572. The van der Waals surface area contributed by atoms with Crippen LogP contribution >= 0.6 is 13.5 Å². The number of hydrogen-bond donors (Lipinski definition) is 1. The van der Waals surface area contributed by atoms with Crippen molar-refractivity contribution < 1.29 is 23.5 Å². The van der Waals surface area contributed by atoms with Gasteiger partial charge in [-0.15, -0.1) is 0 Å². The Morgan fingerprint density at radius 3 is 2.35 bits per heavy atom. The lowest BCUT2D eigenvalue weighted by Crippen LogP contribution is -2.35. The highest BCUT2D eigenvalue weighted by Crippen LogP contribution is 2.22. The summed E-state index contributed by atoms with van der Waals surface area (Å²) < 4.78 is 15.5. The van der Waals surface area contributed by atoms with Crippen LogP contribution in [0.4, 0.5) is 4.79 Å². The summed E-state index contributed by atoms with van der Waals surface area (Å²) in [5, 5.41) is 2.80. The van der Waals surface area contributed by atoms with E-state index < -0.39 is 23.7 Å². The van der Waals surface area contributed by atoms with E-state index in [-0.39, 0.29) is 19.3 Å². The Morgan fingerprint density at radius 1 is 1.12 bits per heavy atom. The predicted molar refractivity (Wildman–Crippen MR) is 103 cm³/mol. The van der Waals surface area contributed by atoms with Crippen LogP contribution in [0.2, 0.25) is 0 Å². The molecule has 1 aromatic carbocycles. The first-order valence-corrected chi connectivity index (χ1v) is 8.00. The number of amides is 1. The van der Waals surface area contributed by atoms with Gasteiger partial charge in [0.05, 0.1) is 13.2 Å². The number of esters is 1. The number of rotatable bonds is 5. The molecule has 0 saturated heterocycles. The molecule has 1 aromatic heterocycles. The van der Waals surface area contributed by atoms with Gasteiger partial charge in [-0.05, 0) is 38.5 Å². The molecular formula is C19H25NO5S. The standard InChI is InChI=1S/C19H23NO5.H2S/c1-19(2,3)25-18(22)20-14(12-13-8-6-5-7-9-13)15-10-11-16(24-15)17(21)23-4;/h5-11,14H,12H2,1-4H3,(H,20,22);1H2/t14-;/m0./s1. The van der Waals surface area contributed by atoms with Crippen LogP contribution in [0, 0.1) is 0 Å². The van der Waals surface area contributed by atoms with Crippen LogP contribution in [0.25, 0.3) is 0 Å². The van der Waals surface area contributed by atoms with E-state index in [2.05, 4.69) is 10.1 Å². The van der Waals surface area contributed by atoms with Crippen LogP contribution in [-0.4, -0.2) is 24.8 Å². The van der Waals surface area contributed by atoms with Gasteiger partial charge in [0.25, 0.3) is 0 Å². The van der Waals surface area contributed by atoms with Gasteiger partial charge < -0.3 is 19.2 Å². The molecule has 142 valence electrons. The lowest BCUT2D eigenvalue weighted by Gasteiger charge is -2.23. The van der Waals surface area contributed by atoms with Crippen LogP contribution in [-0.2, 0) is 15.9 Å². The van der Waals surface area contributed by atoms with Gasteiger partial charge in [0, 0.05) is 6.42 Å². The van der Waals surface area contributed by atoms with Crippen molar-refractivity contribution in [2.24, 2.45) is 0 Å². The average molecular weight is 379 g/mol. The minimum Gasteiger partial charge on any atom is -0.463 e. The van der Waals surface area contributed by atoms with Gasteiger partial charge in [0.15, 0.2) is 0 Å². The first-order valence-electron chi connectivity index (χ1n) is 8.00. The zero-order valence-electron chi connectivity index (χ0n) is 15.4. The highest BCUT2D eigenvalue weighted by molar-refractivity contribution is 7.59. The van der Waals surface area contributed by atoms with Crippen LogP contribution < -0.4 is 5.32 Å². The minimum absolute atomic E-state index is 0. The number of hydrogen-bond acceptors (Lipinski definition) is 5. The summed E-state index contributed by atoms with van der Waals surface area (Å²) in [5.41, 5.74) is 0.404. The molecule has 2 aromatic rings. The number of ether oxygens (including phenoxy) is 2. The van der Waals surface area contributed by atoms with Crippen molar-refractivity contribution >= 4 is 25.6 Å². The van der Waals surface area contributed by atoms with Gasteiger partial charge >= 0.3 is 12.1 Å². The third-order valence-corrected chi connectivity index (χ3v) is 3.33. The first-order chi connectivity index (χ1) is 11.8. The van der Waals surface area contributed by atoms with E-state index in [1.54, 1.807) is 26.8 Å². The largest absolute Gasteiger partial charge is 0.463 e. The van der Waals surface area contributed by atoms with Crippen molar-refractivity contribution in [3.8, 4) is 0 Å². The normalized spacial score (nSPS) is 11.8. The molecular weight excluding hydrogens is 354 g/mol. The van der Waals surface area contributed by atoms with Gasteiger partial charge in [-0.25, -0.2) is 9.59 Å². The second kappa shape index (κ2) is 9.33. The fraction of sp³-hybridized carbons (Fsp3) is 0.368. The molecule has 0 unspecified atom stereocenters. The molecule has 2 rings (SSSR count). The molecule has 1 atom stereocenters. The van der Waals surface area contributed by atoms with E-state index in [9.17, 15) is 9.59 Å². The molecule has 0 aliphatic rings. The zero-order valence-corrected chi connectivity index (χ0v) is 16.4. The van der Waals surface area contributed by atoms with Crippen molar-refractivity contribution in [2.45, 2.75) is 38.8 Å². The Bertz CT molecular complexity index is 721. The molecule has 6 nitrogen and oxygen atoms in total. The van der Waals surface area contributed by atoms with Crippen molar-refractivity contribution in [1.29, 1.82) is 0 Å². The van der Waals surface area contributed by atoms with Crippen LogP contribution in [0.5, 0.6) is 0 Å². The molecule has 0 aliphatic carbocycles. The lowest BCUT2D eigenvalue weighted by molar-refractivity contribution is 0.0496. The number of carbonyl (C=O) groups is 2. The fourth-order valence-corrected chi connectivity index (χ4v) is 2.27. The van der Waals surface area contributed by atoms with E-state index in [1.165, 1.54) is 13.2 Å². The third kappa shape index (κ3) is 6.48. The molecule has 0 radical (unpaired) electrons. The van der Waals surface area contributed by atoms with Gasteiger partial charge in [0.1, 0.15) is 11.4 Å². The second-order valence-corrected chi connectivity index (χ2v) is 6.58.